The second kappa shape index (κ2) is 6.37. The molecule has 0 aliphatic carbocycles. The first-order valence-electron chi connectivity index (χ1n) is 4.99. The van der Waals surface area contributed by atoms with Gasteiger partial charge in [0.1, 0.15) is 0 Å². The zero-order valence-corrected chi connectivity index (χ0v) is 9.97. The van der Waals surface area contributed by atoms with Gasteiger partial charge in [-0.2, -0.15) is 8.42 Å². The summed E-state index contributed by atoms with van der Waals surface area (Å²) < 4.78 is 29.2. The lowest BCUT2D eigenvalue weighted by Crippen LogP contribution is -2.26. The van der Waals surface area contributed by atoms with Crippen LogP contribution in [0.25, 0.3) is 0 Å². The Balaban J connectivity index is 3.39. The van der Waals surface area contributed by atoms with Crippen LogP contribution in [0.1, 0.15) is 27.2 Å². The third kappa shape index (κ3) is 8.47. The molecule has 14 heavy (non-hydrogen) atoms. The van der Waals surface area contributed by atoms with E-state index in [4.69, 9.17) is 4.55 Å². The molecule has 4 nitrogen and oxygen atoms in total. The third-order valence-electron chi connectivity index (χ3n) is 2.36. The van der Waals surface area contributed by atoms with Gasteiger partial charge in [0.25, 0.3) is 10.1 Å². The summed E-state index contributed by atoms with van der Waals surface area (Å²) in [6, 6.07) is 0. The van der Waals surface area contributed by atoms with Crippen LogP contribution in [0.3, 0.4) is 0 Å². The van der Waals surface area contributed by atoms with Crippen LogP contribution in [0.2, 0.25) is 0 Å². The Morgan fingerprint density at radius 2 is 1.86 bits per heavy atom. The number of nitrogens with one attached hydrogen (secondary N) is 1. The van der Waals surface area contributed by atoms with Gasteiger partial charge in [-0.3, -0.25) is 4.55 Å². The SMILES string of the molecule is CC(C)[C@@H](C)CNCCCS(=O)(=O)O. The van der Waals surface area contributed by atoms with Gasteiger partial charge >= 0.3 is 0 Å². The molecular weight excluding hydrogens is 202 g/mol. The van der Waals surface area contributed by atoms with Gasteiger partial charge < -0.3 is 5.32 Å². The maximum Gasteiger partial charge on any atom is 0.264 e. The Hall–Kier alpha value is -0.130. The van der Waals surface area contributed by atoms with Crippen molar-refractivity contribution in [2.75, 3.05) is 18.8 Å². The van der Waals surface area contributed by atoms with E-state index >= 15 is 0 Å². The first kappa shape index (κ1) is 13.9. The Morgan fingerprint density at radius 3 is 2.29 bits per heavy atom. The van der Waals surface area contributed by atoms with E-state index < -0.39 is 10.1 Å². The summed E-state index contributed by atoms with van der Waals surface area (Å²) >= 11 is 0. The smallest absolute Gasteiger partial charge is 0.264 e. The monoisotopic (exact) mass is 223 g/mol. The van der Waals surface area contributed by atoms with Crippen molar-refractivity contribution in [2.45, 2.75) is 27.2 Å². The molecule has 0 rings (SSSR count). The molecular formula is C9H21NO3S. The average molecular weight is 223 g/mol. The molecule has 0 fully saturated rings. The third-order valence-corrected chi connectivity index (χ3v) is 3.16. The van der Waals surface area contributed by atoms with Crippen molar-refractivity contribution in [3.8, 4) is 0 Å². The van der Waals surface area contributed by atoms with Crippen LogP contribution < -0.4 is 5.32 Å². The highest BCUT2D eigenvalue weighted by molar-refractivity contribution is 7.85. The highest BCUT2D eigenvalue weighted by Gasteiger charge is 2.06. The molecule has 0 aromatic heterocycles. The van der Waals surface area contributed by atoms with E-state index in [2.05, 4.69) is 26.1 Å². The molecule has 0 radical (unpaired) electrons. The Labute approximate surface area is 86.8 Å². The molecule has 0 aromatic carbocycles. The minimum Gasteiger partial charge on any atom is -0.316 e. The van der Waals surface area contributed by atoms with Crippen molar-refractivity contribution in [3.63, 3.8) is 0 Å². The van der Waals surface area contributed by atoms with Crippen LogP contribution in [0.15, 0.2) is 0 Å². The molecule has 86 valence electrons. The summed E-state index contributed by atoms with van der Waals surface area (Å²) in [7, 11) is -3.78. The van der Waals surface area contributed by atoms with Gasteiger partial charge in [0, 0.05) is 0 Å². The van der Waals surface area contributed by atoms with Crippen molar-refractivity contribution in [1.29, 1.82) is 0 Å². The minimum atomic E-state index is -3.78. The largest absolute Gasteiger partial charge is 0.316 e. The Kier molecular flexibility index (Phi) is 6.31. The van der Waals surface area contributed by atoms with Crippen molar-refractivity contribution >= 4 is 10.1 Å². The Morgan fingerprint density at radius 1 is 1.29 bits per heavy atom. The lowest BCUT2D eigenvalue weighted by Gasteiger charge is -2.15. The molecule has 0 amide bonds. The molecule has 0 aliphatic heterocycles. The summed E-state index contributed by atoms with van der Waals surface area (Å²) in [6.45, 7) is 8.00. The van der Waals surface area contributed by atoms with E-state index in [0.717, 1.165) is 6.54 Å². The van der Waals surface area contributed by atoms with Crippen molar-refractivity contribution in [1.82, 2.24) is 5.32 Å². The maximum atomic E-state index is 10.4. The molecule has 0 aliphatic rings. The zero-order valence-electron chi connectivity index (χ0n) is 9.16. The van der Waals surface area contributed by atoms with Crippen LogP contribution in [0, 0.1) is 11.8 Å². The molecule has 0 saturated carbocycles. The fraction of sp³-hybridized carbons (Fsp3) is 1.00. The fourth-order valence-corrected chi connectivity index (χ4v) is 1.45. The summed E-state index contributed by atoms with van der Waals surface area (Å²) in [5.41, 5.74) is 0. The number of hydrogen-bond donors (Lipinski definition) is 2. The molecule has 0 bridgehead atoms. The normalized spacial score (nSPS) is 14.6. The van der Waals surface area contributed by atoms with Crippen molar-refractivity contribution in [3.05, 3.63) is 0 Å². The standard InChI is InChI=1S/C9H21NO3S/c1-8(2)9(3)7-10-5-4-6-14(11,12)13/h8-10H,4-7H2,1-3H3,(H,11,12,13)/t9-/m0/s1. The summed E-state index contributed by atoms with van der Waals surface area (Å²) in [5.74, 6) is 1.06. The van der Waals surface area contributed by atoms with Crippen LogP contribution in [-0.2, 0) is 10.1 Å². The van der Waals surface area contributed by atoms with Crippen molar-refractivity contribution < 1.29 is 13.0 Å². The minimum absolute atomic E-state index is 0.157. The van der Waals surface area contributed by atoms with E-state index in [9.17, 15) is 8.42 Å². The molecule has 2 N–H and O–H groups in total. The van der Waals surface area contributed by atoms with Gasteiger partial charge in [0.05, 0.1) is 5.75 Å². The van der Waals surface area contributed by atoms with Gasteiger partial charge in [-0.05, 0) is 31.3 Å². The first-order chi connectivity index (χ1) is 6.33. The first-order valence-corrected chi connectivity index (χ1v) is 6.59. The zero-order chi connectivity index (χ0) is 11.2. The predicted octanol–water partition coefficient (Wildman–Crippen LogP) is 1.15. The van der Waals surface area contributed by atoms with E-state index in [-0.39, 0.29) is 5.75 Å². The molecule has 0 heterocycles. The van der Waals surface area contributed by atoms with Gasteiger partial charge in [0.15, 0.2) is 0 Å². The van der Waals surface area contributed by atoms with Gasteiger partial charge in [-0.25, -0.2) is 0 Å². The van der Waals surface area contributed by atoms with Gasteiger partial charge in [-0.15, -0.1) is 0 Å². The summed E-state index contributed by atoms with van der Waals surface area (Å²) in [5, 5.41) is 3.16. The Bertz CT molecular complexity index is 236. The average Bonchev–Trinajstić information content (AvgIpc) is 2.01. The van der Waals surface area contributed by atoms with E-state index in [1.807, 2.05) is 0 Å². The molecule has 5 heteroatoms. The second-order valence-electron chi connectivity index (χ2n) is 4.07. The van der Waals surface area contributed by atoms with Crippen molar-refractivity contribution in [2.24, 2.45) is 11.8 Å². The molecule has 0 aromatic rings. The fourth-order valence-electron chi connectivity index (χ4n) is 0.945. The molecule has 0 unspecified atom stereocenters. The van der Waals surface area contributed by atoms with E-state index in [1.165, 1.54) is 0 Å². The lowest BCUT2D eigenvalue weighted by molar-refractivity contribution is 0.393. The quantitative estimate of drug-likeness (QED) is 0.502. The van der Waals surface area contributed by atoms with E-state index in [0.29, 0.717) is 24.8 Å². The van der Waals surface area contributed by atoms with Crippen LogP contribution >= 0.6 is 0 Å². The summed E-state index contributed by atoms with van der Waals surface area (Å²) in [6.07, 6.45) is 0.462. The summed E-state index contributed by atoms with van der Waals surface area (Å²) in [4.78, 5) is 0. The van der Waals surface area contributed by atoms with Crippen LogP contribution in [0.5, 0.6) is 0 Å². The van der Waals surface area contributed by atoms with Gasteiger partial charge in [-0.1, -0.05) is 20.8 Å². The number of hydrogen-bond acceptors (Lipinski definition) is 3. The predicted molar refractivity (Wildman–Crippen MR) is 57.9 cm³/mol. The lowest BCUT2D eigenvalue weighted by atomic mass is 9.98. The number of rotatable bonds is 7. The highest BCUT2D eigenvalue weighted by atomic mass is 32.2. The molecule has 0 saturated heterocycles. The van der Waals surface area contributed by atoms with Gasteiger partial charge in [0.2, 0.25) is 0 Å². The molecule has 1 atom stereocenters. The van der Waals surface area contributed by atoms with Crippen LogP contribution in [-0.4, -0.2) is 31.8 Å². The van der Waals surface area contributed by atoms with E-state index in [1.54, 1.807) is 0 Å². The topological polar surface area (TPSA) is 66.4 Å². The highest BCUT2D eigenvalue weighted by Crippen LogP contribution is 2.07. The maximum absolute atomic E-state index is 10.4. The second-order valence-corrected chi connectivity index (χ2v) is 5.64. The van der Waals surface area contributed by atoms with Crippen LogP contribution in [0.4, 0.5) is 0 Å². The molecule has 0 spiro atoms.